The van der Waals surface area contributed by atoms with Crippen LogP contribution in [0.4, 0.5) is 0 Å². The molecular formula is C14H17NO3S. The number of aliphatic hydroxyl groups excluding tert-OH is 1. The summed E-state index contributed by atoms with van der Waals surface area (Å²) in [4.78, 5) is 12.4. The summed E-state index contributed by atoms with van der Waals surface area (Å²) in [6.45, 7) is 1.86. The largest absolute Gasteiger partial charge is 0.386 e. The SMILES string of the molecule is COC(C)C(=O)NCC(O)c1cc2ccccc2s1. The van der Waals surface area contributed by atoms with Gasteiger partial charge in [-0.05, 0) is 24.4 Å². The highest BCUT2D eigenvalue weighted by Crippen LogP contribution is 2.29. The van der Waals surface area contributed by atoms with E-state index in [1.54, 1.807) is 6.92 Å². The molecule has 19 heavy (non-hydrogen) atoms. The molecule has 0 saturated heterocycles. The number of fused-ring (bicyclic) bond motifs is 1. The number of amides is 1. The highest BCUT2D eigenvalue weighted by atomic mass is 32.1. The van der Waals surface area contributed by atoms with Gasteiger partial charge in [0.15, 0.2) is 0 Å². The fraction of sp³-hybridized carbons (Fsp3) is 0.357. The lowest BCUT2D eigenvalue weighted by Crippen LogP contribution is -2.36. The van der Waals surface area contributed by atoms with Crippen LogP contribution < -0.4 is 5.32 Å². The van der Waals surface area contributed by atoms with Crippen molar-refractivity contribution in [2.24, 2.45) is 0 Å². The molecule has 1 amide bonds. The van der Waals surface area contributed by atoms with Crippen molar-refractivity contribution in [1.29, 1.82) is 0 Å². The second-order valence-corrected chi connectivity index (χ2v) is 5.44. The van der Waals surface area contributed by atoms with Crippen LogP contribution in [0, 0.1) is 0 Å². The maximum absolute atomic E-state index is 11.5. The molecule has 0 bridgehead atoms. The van der Waals surface area contributed by atoms with Crippen molar-refractivity contribution in [2.45, 2.75) is 19.1 Å². The highest BCUT2D eigenvalue weighted by molar-refractivity contribution is 7.19. The van der Waals surface area contributed by atoms with Gasteiger partial charge in [0.05, 0.1) is 0 Å². The number of aliphatic hydroxyl groups is 1. The molecule has 2 rings (SSSR count). The van der Waals surface area contributed by atoms with Gasteiger partial charge in [0.1, 0.15) is 12.2 Å². The van der Waals surface area contributed by atoms with Crippen LogP contribution in [0.5, 0.6) is 0 Å². The zero-order valence-corrected chi connectivity index (χ0v) is 11.7. The number of hydrogen-bond donors (Lipinski definition) is 2. The van der Waals surface area contributed by atoms with Crippen molar-refractivity contribution in [3.63, 3.8) is 0 Å². The first kappa shape index (κ1) is 14.0. The first-order valence-electron chi connectivity index (χ1n) is 6.09. The summed E-state index contributed by atoms with van der Waals surface area (Å²) in [5.41, 5.74) is 0. The summed E-state index contributed by atoms with van der Waals surface area (Å²) in [7, 11) is 1.48. The lowest BCUT2D eigenvalue weighted by atomic mass is 10.2. The second-order valence-electron chi connectivity index (χ2n) is 4.33. The smallest absolute Gasteiger partial charge is 0.248 e. The Labute approximate surface area is 116 Å². The molecule has 0 fully saturated rings. The minimum atomic E-state index is -0.689. The van der Waals surface area contributed by atoms with Crippen LogP contribution in [0.25, 0.3) is 10.1 Å². The van der Waals surface area contributed by atoms with Crippen LogP contribution in [-0.4, -0.2) is 30.8 Å². The molecule has 0 aliphatic rings. The van der Waals surface area contributed by atoms with Gasteiger partial charge < -0.3 is 15.2 Å². The molecule has 0 aliphatic carbocycles. The van der Waals surface area contributed by atoms with E-state index in [0.29, 0.717) is 0 Å². The van der Waals surface area contributed by atoms with Crippen LogP contribution in [0.15, 0.2) is 30.3 Å². The monoisotopic (exact) mass is 279 g/mol. The van der Waals surface area contributed by atoms with Crippen molar-refractivity contribution in [2.75, 3.05) is 13.7 Å². The van der Waals surface area contributed by atoms with Gasteiger partial charge in [-0.15, -0.1) is 11.3 Å². The molecule has 2 N–H and O–H groups in total. The van der Waals surface area contributed by atoms with E-state index in [0.717, 1.165) is 15.0 Å². The Morgan fingerprint density at radius 2 is 2.21 bits per heavy atom. The number of carbonyl (C=O) groups is 1. The summed E-state index contributed by atoms with van der Waals surface area (Å²) in [5, 5.41) is 13.9. The van der Waals surface area contributed by atoms with Gasteiger partial charge in [0.25, 0.3) is 0 Å². The molecule has 2 unspecified atom stereocenters. The normalized spacial score (nSPS) is 14.3. The van der Waals surface area contributed by atoms with Gasteiger partial charge in [-0.3, -0.25) is 4.79 Å². The molecule has 5 heteroatoms. The number of carbonyl (C=O) groups excluding carboxylic acids is 1. The molecule has 4 nitrogen and oxygen atoms in total. The fourth-order valence-electron chi connectivity index (χ4n) is 1.72. The maximum atomic E-state index is 11.5. The van der Waals surface area contributed by atoms with E-state index in [9.17, 15) is 9.90 Å². The minimum Gasteiger partial charge on any atom is -0.386 e. The Bertz CT molecular complexity index is 534. The number of hydrogen-bond acceptors (Lipinski definition) is 4. The van der Waals surface area contributed by atoms with Crippen LogP contribution in [0.1, 0.15) is 17.9 Å². The topological polar surface area (TPSA) is 58.6 Å². The lowest BCUT2D eigenvalue weighted by molar-refractivity contribution is -0.130. The van der Waals surface area contributed by atoms with E-state index in [1.807, 2.05) is 30.3 Å². The van der Waals surface area contributed by atoms with E-state index in [-0.39, 0.29) is 12.5 Å². The van der Waals surface area contributed by atoms with E-state index >= 15 is 0 Å². The van der Waals surface area contributed by atoms with E-state index in [1.165, 1.54) is 18.4 Å². The molecule has 0 aliphatic heterocycles. The molecule has 0 radical (unpaired) electrons. The molecule has 1 aromatic carbocycles. The zero-order valence-electron chi connectivity index (χ0n) is 10.9. The average Bonchev–Trinajstić information content (AvgIpc) is 2.87. The third-order valence-corrected chi connectivity index (χ3v) is 4.18. The summed E-state index contributed by atoms with van der Waals surface area (Å²) in [6.07, 6.45) is -1.19. The second kappa shape index (κ2) is 6.14. The molecule has 2 aromatic rings. The van der Waals surface area contributed by atoms with Crippen LogP contribution >= 0.6 is 11.3 Å². The third-order valence-electron chi connectivity index (χ3n) is 2.97. The number of methoxy groups -OCH3 is 1. The first-order chi connectivity index (χ1) is 9.11. The highest BCUT2D eigenvalue weighted by Gasteiger charge is 2.15. The van der Waals surface area contributed by atoms with Gasteiger partial charge in [0, 0.05) is 23.2 Å². The summed E-state index contributed by atoms with van der Waals surface area (Å²) < 4.78 is 6.04. The number of benzene rings is 1. The maximum Gasteiger partial charge on any atom is 0.248 e. The molecule has 0 saturated carbocycles. The molecule has 1 heterocycles. The molecule has 0 spiro atoms. The standard InChI is InChI=1S/C14H17NO3S/c1-9(18-2)14(17)15-8-11(16)13-7-10-5-3-4-6-12(10)19-13/h3-7,9,11,16H,8H2,1-2H3,(H,15,17). The summed E-state index contributed by atoms with van der Waals surface area (Å²) in [5.74, 6) is -0.220. The number of nitrogens with one attached hydrogen (secondary N) is 1. The number of ether oxygens (including phenoxy) is 1. The lowest BCUT2D eigenvalue weighted by Gasteiger charge is -2.13. The minimum absolute atomic E-state index is 0.194. The third kappa shape index (κ3) is 3.32. The Balaban J connectivity index is 2.00. The average molecular weight is 279 g/mol. The Kier molecular flexibility index (Phi) is 4.52. The molecule has 1 aromatic heterocycles. The van der Waals surface area contributed by atoms with Crippen LogP contribution in [0.2, 0.25) is 0 Å². The van der Waals surface area contributed by atoms with Crippen molar-refractivity contribution in [1.82, 2.24) is 5.32 Å². The Morgan fingerprint density at radius 1 is 1.47 bits per heavy atom. The van der Waals surface area contributed by atoms with Crippen molar-refractivity contribution < 1.29 is 14.6 Å². The summed E-state index contributed by atoms with van der Waals surface area (Å²) in [6, 6.07) is 9.91. The van der Waals surface area contributed by atoms with Gasteiger partial charge in [-0.25, -0.2) is 0 Å². The van der Waals surface area contributed by atoms with E-state index in [4.69, 9.17) is 4.74 Å². The van der Waals surface area contributed by atoms with E-state index in [2.05, 4.69) is 5.32 Å². The first-order valence-corrected chi connectivity index (χ1v) is 6.90. The van der Waals surface area contributed by atoms with Crippen LogP contribution in [-0.2, 0) is 9.53 Å². The molecular weight excluding hydrogens is 262 g/mol. The zero-order chi connectivity index (χ0) is 13.8. The Morgan fingerprint density at radius 3 is 2.89 bits per heavy atom. The van der Waals surface area contributed by atoms with Gasteiger partial charge in [0.2, 0.25) is 5.91 Å². The van der Waals surface area contributed by atoms with Gasteiger partial charge in [-0.1, -0.05) is 18.2 Å². The number of rotatable bonds is 5. The van der Waals surface area contributed by atoms with Gasteiger partial charge >= 0.3 is 0 Å². The molecule has 2 atom stereocenters. The van der Waals surface area contributed by atoms with Crippen LogP contribution in [0.3, 0.4) is 0 Å². The predicted octanol–water partition coefficient (Wildman–Crippen LogP) is 2.09. The van der Waals surface area contributed by atoms with Crippen molar-refractivity contribution in [3.05, 3.63) is 35.2 Å². The van der Waals surface area contributed by atoms with E-state index < -0.39 is 12.2 Å². The Hall–Kier alpha value is -1.43. The van der Waals surface area contributed by atoms with Crippen molar-refractivity contribution >= 4 is 27.3 Å². The van der Waals surface area contributed by atoms with Crippen molar-refractivity contribution in [3.8, 4) is 0 Å². The predicted molar refractivity (Wildman–Crippen MR) is 76.3 cm³/mol. The number of thiophene rings is 1. The summed E-state index contributed by atoms with van der Waals surface area (Å²) >= 11 is 1.54. The van der Waals surface area contributed by atoms with Gasteiger partial charge in [-0.2, -0.15) is 0 Å². The quantitative estimate of drug-likeness (QED) is 0.881. The molecule has 102 valence electrons. The fourth-order valence-corrected chi connectivity index (χ4v) is 2.77.